The number of halogens is 4. The van der Waals surface area contributed by atoms with Crippen molar-refractivity contribution in [2.24, 2.45) is 5.92 Å². The van der Waals surface area contributed by atoms with Crippen molar-refractivity contribution >= 4 is 6.08 Å². The van der Waals surface area contributed by atoms with Crippen molar-refractivity contribution in [2.45, 2.75) is 84.0 Å². The smallest absolute Gasteiger partial charge is 0.166 e. The average Bonchev–Trinajstić information content (AvgIpc) is 2.93. The lowest BCUT2D eigenvalue weighted by molar-refractivity contribution is 0.365. The van der Waals surface area contributed by atoms with Crippen molar-refractivity contribution in [3.8, 4) is 11.1 Å². The molecule has 4 heteroatoms. The Morgan fingerprint density at radius 1 is 0.684 bits per heavy atom. The summed E-state index contributed by atoms with van der Waals surface area (Å²) in [6.07, 6.45) is 12.1. The minimum absolute atomic E-state index is 0.0493. The number of unbranched alkanes of at least 4 members (excludes halogenated alkanes) is 2. The van der Waals surface area contributed by atoms with Crippen molar-refractivity contribution < 1.29 is 17.6 Å². The maximum absolute atomic E-state index is 15.1. The zero-order valence-corrected chi connectivity index (χ0v) is 22.5. The summed E-state index contributed by atoms with van der Waals surface area (Å²) >= 11 is 0. The molecule has 0 saturated heterocycles. The van der Waals surface area contributed by atoms with E-state index in [2.05, 4.69) is 13.8 Å². The van der Waals surface area contributed by atoms with E-state index in [4.69, 9.17) is 0 Å². The second-order valence-electron chi connectivity index (χ2n) is 10.6. The van der Waals surface area contributed by atoms with Gasteiger partial charge in [-0.1, -0.05) is 93.8 Å². The SMILES string of the molecule is CCCCCc1ccc(C=CC2CCC(c3ccc(-c4ccc(CCC)cc4)c(F)c3F)CC2)c(F)c1F. The minimum Gasteiger partial charge on any atom is -0.203 e. The number of rotatable bonds is 10. The molecular formula is C34H38F4. The highest BCUT2D eigenvalue weighted by Crippen LogP contribution is 2.39. The molecule has 0 spiro atoms. The third-order valence-electron chi connectivity index (χ3n) is 7.92. The van der Waals surface area contributed by atoms with E-state index in [0.717, 1.165) is 57.8 Å². The topological polar surface area (TPSA) is 0 Å². The second kappa shape index (κ2) is 13.3. The molecule has 0 N–H and O–H groups in total. The van der Waals surface area contributed by atoms with Gasteiger partial charge in [-0.3, -0.25) is 0 Å². The maximum Gasteiger partial charge on any atom is 0.166 e. The molecule has 1 aliphatic rings. The predicted molar refractivity (Wildman–Crippen MR) is 149 cm³/mol. The number of benzene rings is 3. The van der Waals surface area contributed by atoms with Gasteiger partial charge in [0, 0.05) is 11.1 Å². The Labute approximate surface area is 224 Å². The zero-order chi connectivity index (χ0) is 27.1. The van der Waals surface area contributed by atoms with Crippen LogP contribution in [-0.4, -0.2) is 0 Å². The Hall–Kier alpha value is -2.88. The third-order valence-corrected chi connectivity index (χ3v) is 7.92. The normalized spacial score (nSPS) is 17.8. The highest BCUT2D eigenvalue weighted by atomic mass is 19.2. The number of aryl methyl sites for hydroxylation is 2. The summed E-state index contributed by atoms with van der Waals surface area (Å²) in [4.78, 5) is 0. The van der Waals surface area contributed by atoms with E-state index in [1.54, 1.807) is 30.3 Å². The quantitative estimate of drug-likeness (QED) is 0.183. The molecule has 3 aromatic rings. The Balaban J connectivity index is 1.38. The Bertz CT molecular complexity index is 1230. The van der Waals surface area contributed by atoms with Gasteiger partial charge in [-0.25, -0.2) is 17.6 Å². The summed E-state index contributed by atoms with van der Waals surface area (Å²) in [5, 5.41) is 0. The highest BCUT2D eigenvalue weighted by Gasteiger charge is 2.26. The minimum atomic E-state index is -0.790. The fraction of sp³-hybridized carbons (Fsp3) is 0.412. The van der Waals surface area contributed by atoms with Crippen molar-refractivity contribution in [1.82, 2.24) is 0 Å². The molecule has 1 fully saturated rings. The van der Waals surface area contributed by atoms with E-state index in [0.29, 0.717) is 23.1 Å². The van der Waals surface area contributed by atoms with Gasteiger partial charge in [0.15, 0.2) is 23.3 Å². The van der Waals surface area contributed by atoms with E-state index in [1.807, 2.05) is 30.3 Å². The number of allylic oxidation sites excluding steroid dienone is 1. The van der Waals surface area contributed by atoms with Crippen LogP contribution in [0.1, 0.15) is 93.4 Å². The van der Waals surface area contributed by atoms with Gasteiger partial charge in [0.1, 0.15) is 0 Å². The van der Waals surface area contributed by atoms with Gasteiger partial charge in [-0.15, -0.1) is 0 Å². The standard InChI is InChI=1S/C34H38F4/c1-3-5-6-8-27-19-20-28(32(36)31(27)35)18-13-24-11-16-26(17-12-24)30-22-21-29(33(37)34(30)38)25-14-9-23(7-4-2)10-15-25/h9-10,13-15,18-22,24,26H,3-8,11-12,16-17H2,1-2H3. The fourth-order valence-electron chi connectivity index (χ4n) is 5.60. The molecule has 0 bridgehead atoms. The van der Waals surface area contributed by atoms with E-state index in [9.17, 15) is 8.78 Å². The first-order chi connectivity index (χ1) is 18.4. The summed E-state index contributed by atoms with van der Waals surface area (Å²) in [7, 11) is 0. The lowest BCUT2D eigenvalue weighted by Crippen LogP contribution is -2.13. The summed E-state index contributed by atoms with van der Waals surface area (Å²) in [6, 6.07) is 14.4. The molecule has 0 atom stereocenters. The molecule has 0 aliphatic heterocycles. The molecule has 0 aromatic heterocycles. The van der Waals surface area contributed by atoms with Gasteiger partial charge in [-0.05, 0) is 79.0 Å². The van der Waals surface area contributed by atoms with E-state index < -0.39 is 23.3 Å². The molecular weight excluding hydrogens is 484 g/mol. The average molecular weight is 523 g/mol. The number of hydrogen-bond acceptors (Lipinski definition) is 0. The van der Waals surface area contributed by atoms with Crippen LogP contribution in [0.25, 0.3) is 17.2 Å². The molecule has 0 nitrogen and oxygen atoms in total. The molecule has 202 valence electrons. The van der Waals surface area contributed by atoms with Crippen LogP contribution < -0.4 is 0 Å². The molecule has 4 rings (SSSR count). The highest BCUT2D eigenvalue weighted by molar-refractivity contribution is 5.65. The van der Waals surface area contributed by atoms with Crippen LogP contribution in [0.5, 0.6) is 0 Å². The van der Waals surface area contributed by atoms with Crippen LogP contribution in [0.4, 0.5) is 17.6 Å². The third kappa shape index (κ3) is 6.57. The predicted octanol–water partition coefficient (Wildman–Crippen LogP) is 10.6. The maximum atomic E-state index is 15.1. The first kappa shape index (κ1) is 28.1. The number of hydrogen-bond donors (Lipinski definition) is 0. The summed E-state index contributed by atoms with van der Waals surface area (Å²) < 4.78 is 59.3. The van der Waals surface area contributed by atoms with Crippen LogP contribution >= 0.6 is 0 Å². The van der Waals surface area contributed by atoms with Gasteiger partial charge < -0.3 is 0 Å². The molecule has 0 amide bonds. The second-order valence-corrected chi connectivity index (χ2v) is 10.6. The van der Waals surface area contributed by atoms with Crippen LogP contribution in [0, 0.1) is 29.2 Å². The molecule has 1 saturated carbocycles. The van der Waals surface area contributed by atoms with Gasteiger partial charge in [-0.2, -0.15) is 0 Å². The molecule has 0 heterocycles. The Kier molecular flexibility index (Phi) is 9.82. The van der Waals surface area contributed by atoms with Crippen molar-refractivity contribution in [3.63, 3.8) is 0 Å². The first-order valence-electron chi connectivity index (χ1n) is 14.1. The van der Waals surface area contributed by atoms with Gasteiger partial charge in [0.05, 0.1) is 0 Å². The molecule has 38 heavy (non-hydrogen) atoms. The van der Waals surface area contributed by atoms with Crippen molar-refractivity contribution in [2.75, 3.05) is 0 Å². The summed E-state index contributed by atoms with van der Waals surface area (Å²) in [6.45, 7) is 4.19. The van der Waals surface area contributed by atoms with E-state index in [-0.39, 0.29) is 23.0 Å². The zero-order valence-electron chi connectivity index (χ0n) is 22.5. The summed E-state index contributed by atoms with van der Waals surface area (Å²) in [5.74, 6) is -2.93. The Morgan fingerprint density at radius 2 is 1.42 bits per heavy atom. The van der Waals surface area contributed by atoms with E-state index in [1.165, 1.54) is 5.56 Å². The van der Waals surface area contributed by atoms with Crippen LogP contribution in [0.15, 0.2) is 54.6 Å². The van der Waals surface area contributed by atoms with Crippen molar-refractivity contribution in [1.29, 1.82) is 0 Å². The summed E-state index contributed by atoms with van der Waals surface area (Å²) in [5.41, 5.74) is 3.28. The fourth-order valence-corrected chi connectivity index (χ4v) is 5.60. The van der Waals surface area contributed by atoms with Gasteiger partial charge in [0.25, 0.3) is 0 Å². The monoisotopic (exact) mass is 522 g/mol. The Morgan fingerprint density at radius 3 is 2.11 bits per heavy atom. The molecule has 0 radical (unpaired) electrons. The van der Waals surface area contributed by atoms with Crippen LogP contribution in [0.3, 0.4) is 0 Å². The first-order valence-corrected chi connectivity index (χ1v) is 14.1. The molecule has 3 aromatic carbocycles. The lowest BCUT2D eigenvalue weighted by atomic mass is 9.78. The van der Waals surface area contributed by atoms with Crippen LogP contribution in [-0.2, 0) is 12.8 Å². The van der Waals surface area contributed by atoms with Gasteiger partial charge in [0.2, 0.25) is 0 Å². The largest absolute Gasteiger partial charge is 0.203 e. The lowest BCUT2D eigenvalue weighted by Gasteiger charge is -2.27. The van der Waals surface area contributed by atoms with Crippen LogP contribution in [0.2, 0.25) is 0 Å². The van der Waals surface area contributed by atoms with Gasteiger partial charge >= 0.3 is 0 Å². The van der Waals surface area contributed by atoms with Crippen molar-refractivity contribution in [3.05, 3.63) is 100 Å². The molecule has 0 unspecified atom stereocenters. The van der Waals surface area contributed by atoms with E-state index >= 15 is 8.78 Å². The molecule has 1 aliphatic carbocycles.